The maximum Gasteiger partial charge on any atom is 0.329 e. The normalized spacial score (nSPS) is 8.75. The van der Waals surface area contributed by atoms with E-state index in [-0.39, 0.29) is 0 Å². The van der Waals surface area contributed by atoms with Gasteiger partial charge in [-0.25, -0.2) is 10.2 Å². The number of amides is 2. The van der Waals surface area contributed by atoms with E-state index in [1.807, 2.05) is 6.92 Å². The van der Waals surface area contributed by atoms with Crippen molar-refractivity contribution in [2.45, 2.75) is 6.92 Å². The molecular weight excluding hydrogens is 106 g/mol. The molecule has 0 saturated heterocycles. The lowest BCUT2D eigenvalue weighted by atomic mass is 10.7. The number of rotatable bonds is 2. The lowest BCUT2D eigenvalue weighted by Crippen LogP contribution is -2.43. The quantitative estimate of drug-likeness (QED) is 0.480. The molecule has 0 unspecified atom stereocenters. The van der Waals surface area contributed by atoms with Crippen LogP contribution in [0, 0.1) is 0 Å². The average molecular weight is 117 g/mol. The van der Waals surface area contributed by atoms with Gasteiger partial charge in [-0.05, 0) is 6.92 Å². The van der Waals surface area contributed by atoms with Gasteiger partial charge in [-0.1, -0.05) is 0 Å². The zero-order chi connectivity index (χ0) is 6.57. The number of carbonyl (C=O) groups is 1. The lowest BCUT2D eigenvalue weighted by molar-refractivity contribution is 0.191. The summed E-state index contributed by atoms with van der Waals surface area (Å²) in [7, 11) is 1.65. The number of urea groups is 1. The van der Waals surface area contributed by atoms with Gasteiger partial charge in [0.15, 0.2) is 0 Å². The highest BCUT2D eigenvalue weighted by Gasteiger charge is 1.99. The highest BCUT2D eigenvalue weighted by Crippen LogP contribution is 1.75. The maximum absolute atomic E-state index is 10.2. The molecule has 4 nitrogen and oxygen atoms in total. The van der Waals surface area contributed by atoms with Crippen molar-refractivity contribution in [3.05, 3.63) is 0 Å². The molecular formula is C4H11N3O. The van der Waals surface area contributed by atoms with E-state index in [1.54, 1.807) is 7.05 Å². The van der Waals surface area contributed by atoms with Crippen molar-refractivity contribution >= 4 is 6.03 Å². The largest absolute Gasteiger partial charge is 0.350 e. The van der Waals surface area contributed by atoms with Crippen molar-refractivity contribution < 1.29 is 4.79 Å². The van der Waals surface area contributed by atoms with Crippen molar-refractivity contribution in [2.75, 3.05) is 13.6 Å². The molecule has 48 valence electrons. The first-order valence-electron chi connectivity index (χ1n) is 2.46. The first-order chi connectivity index (χ1) is 3.72. The second-order valence-electron chi connectivity index (χ2n) is 1.31. The molecule has 0 saturated carbocycles. The van der Waals surface area contributed by atoms with Crippen LogP contribution in [0.3, 0.4) is 0 Å². The van der Waals surface area contributed by atoms with Gasteiger partial charge < -0.3 is 5.73 Å². The Kier molecular flexibility index (Phi) is 2.95. The molecule has 0 aliphatic carbocycles. The fraction of sp³-hybridized carbons (Fsp3) is 0.750. The zero-order valence-electron chi connectivity index (χ0n) is 5.14. The summed E-state index contributed by atoms with van der Waals surface area (Å²) in [5, 5.41) is 1.31. The smallest absolute Gasteiger partial charge is 0.329 e. The Hall–Kier alpha value is -0.770. The predicted molar refractivity (Wildman–Crippen MR) is 31.0 cm³/mol. The molecule has 0 aromatic carbocycles. The molecule has 0 aromatic heterocycles. The zero-order valence-corrected chi connectivity index (χ0v) is 5.14. The molecule has 0 heterocycles. The van der Waals surface area contributed by atoms with E-state index in [0.717, 1.165) is 0 Å². The maximum atomic E-state index is 10.2. The highest BCUT2D eigenvalue weighted by atomic mass is 16.2. The van der Waals surface area contributed by atoms with Gasteiger partial charge in [-0.2, -0.15) is 0 Å². The van der Waals surface area contributed by atoms with Gasteiger partial charge in [0.05, 0.1) is 0 Å². The minimum absolute atomic E-state index is 0.449. The molecule has 0 fully saturated rings. The van der Waals surface area contributed by atoms with Crippen LogP contribution in [0.4, 0.5) is 4.79 Å². The first kappa shape index (κ1) is 7.23. The third-order valence-electron chi connectivity index (χ3n) is 0.852. The predicted octanol–water partition coefficient (Wildman–Crippen LogP) is -0.479. The number of hydrazine groups is 1. The van der Waals surface area contributed by atoms with Crippen LogP contribution in [0.1, 0.15) is 6.92 Å². The van der Waals surface area contributed by atoms with E-state index >= 15 is 0 Å². The summed E-state index contributed by atoms with van der Waals surface area (Å²) in [4.78, 5) is 10.2. The van der Waals surface area contributed by atoms with Gasteiger partial charge in [0.25, 0.3) is 0 Å². The number of hydrogen-bond acceptors (Lipinski definition) is 2. The molecule has 0 aromatic rings. The van der Waals surface area contributed by atoms with Crippen LogP contribution >= 0.6 is 0 Å². The van der Waals surface area contributed by atoms with E-state index in [0.29, 0.717) is 6.54 Å². The van der Waals surface area contributed by atoms with Crippen molar-refractivity contribution in [3.63, 3.8) is 0 Å². The second kappa shape index (κ2) is 3.26. The number of nitrogens with one attached hydrogen (secondary N) is 1. The molecule has 0 bridgehead atoms. The van der Waals surface area contributed by atoms with Crippen LogP contribution in [0.2, 0.25) is 0 Å². The second-order valence-corrected chi connectivity index (χ2v) is 1.31. The van der Waals surface area contributed by atoms with Crippen molar-refractivity contribution in [2.24, 2.45) is 5.73 Å². The van der Waals surface area contributed by atoms with Gasteiger partial charge in [0.2, 0.25) is 0 Å². The average Bonchev–Trinajstić information content (AvgIpc) is 1.69. The molecule has 2 amide bonds. The molecule has 3 N–H and O–H groups in total. The van der Waals surface area contributed by atoms with E-state index < -0.39 is 6.03 Å². The molecule has 0 aliphatic heterocycles. The Morgan fingerprint density at radius 1 is 1.88 bits per heavy atom. The van der Waals surface area contributed by atoms with Crippen LogP contribution < -0.4 is 11.2 Å². The minimum Gasteiger partial charge on any atom is -0.350 e. The fourth-order valence-electron chi connectivity index (χ4n) is 0.424. The van der Waals surface area contributed by atoms with Gasteiger partial charge in [-0.15, -0.1) is 0 Å². The van der Waals surface area contributed by atoms with Gasteiger partial charge in [0.1, 0.15) is 0 Å². The number of primary amides is 1. The first-order valence-corrected chi connectivity index (χ1v) is 2.46. The molecule has 8 heavy (non-hydrogen) atoms. The van der Waals surface area contributed by atoms with Crippen LogP contribution in [0.5, 0.6) is 0 Å². The summed E-state index contributed by atoms with van der Waals surface area (Å²) in [6.07, 6.45) is 0. The summed E-state index contributed by atoms with van der Waals surface area (Å²) in [5.41, 5.74) is 7.49. The van der Waals surface area contributed by atoms with Crippen molar-refractivity contribution in [1.29, 1.82) is 0 Å². The third-order valence-corrected chi connectivity index (χ3v) is 0.852. The van der Waals surface area contributed by atoms with Gasteiger partial charge in [0, 0.05) is 13.6 Å². The Morgan fingerprint density at radius 2 is 2.38 bits per heavy atom. The molecule has 0 spiro atoms. The number of hydrogen-bond donors (Lipinski definition) is 2. The third kappa shape index (κ3) is 1.79. The molecule has 0 rings (SSSR count). The Balaban J connectivity index is 3.52. The van der Waals surface area contributed by atoms with E-state index in [2.05, 4.69) is 5.43 Å². The van der Waals surface area contributed by atoms with Crippen LogP contribution in [0.25, 0.3) is 0 Å². The summed E-state index contributed by atoms with van der Waals surface area (Å²) in [6.45, 7) is 2.42. The minimum atomic E-state index is -0.449. The van der Waals surface area contributed by atoms with Crippen molar-refractivity contribution in [1.82, 2.24) is 10.4 Å². The summed E-state index contributed by atoms with van der Waals surface area (Å²) in [6, 6.07) is -0.449. The Labute approximate surface area is 48.6 Å². The van der Waals surface area contributed by atoms with Crippen molar-refractivity contribution in [3.8, 4) is 0 Å². The standard InChI is InChI=1S/C4H11N3O/c1-3-7(6-2)4(5)8/h6H,3H2,1-2H3,(H2,5,8). The van der Waals surface area contributed by atoms with Crippen LogP contribution in [-0.2, 0) is 0 Å². The Bertz CT molecular complexity index is 79.4. The van der Waals surface area contributed by atoms with Gasteiger partial charge in [-0.3, -0.25) is 5.01 Å². The number of carbonyl (C=O) groups excluding carboxylic acids is 1. The fourth-order valence-corrected chi connectivity index (χ4v) is 0.424. The highest BCUT2D eigenvalue weighted by molar-refractivity contribution is 5.71. The van der Waals surface area contributed by atoms with Gasteiger partial charge >= 0.3 is 6.03 Å². The number of nitrogens with two attached hydrogens (primary N) is 1. The lowest BCUT2D eigenvalue weighted by Gasteiger charge is -2.14. The van der Waals surface area contributed by atoms with Crippen LogP contribution in [0.15, 0.2) is 0 Å². The molecule has 0 radical (unpaired) electrons. The van der Waals surface area contributed by atoms with E-state index in [1.165, 1.54) is 5.01 Å². The van der Waals surface area contributed by atoms with E-state index in [4.69, 9.17) is 5.73 Å². The topological polar surface area (TPSA) is 58.4 Å². The number of nitrogens with zero attached hydrogens (tertiary/aromatic N) is 1. The Morgan fingerprint density at radius 3 is 2.38 bits per heavy atom. The summed E-state index contributed by atoms with van der Waals surface area (Å²) >= 11 is 0. The van der Waals surface area contributed by atoms with Crippen LogP contribution in [-0.4, -0.2) is 24.6 Å². The summed E-state index contributed by atoms with van der Waals surface area (Å²) < 4.78 is 0. The monoisotopic (exact) mass is 117 g/mol. The van der Waals surface area contributed by atoms with E-state index in [9.17, 15) is 4.79 Å². The SMILES string of the molecule is CCN(NC)C(N)=O. The molecule has 0 aliphatic rings. The molecule has 0 atom stereocenters. The molecule has 4 heteroatoms. The summed E-state index contributed by atoms with van der Waals surface area (Å²) in [5.74, 6) is 0.